The van der Waals surface area contributed by atoms with Gasteiger partial charge >= 0.3 is 6.18 Å². The summed E-state index contributed by atoms with van der Waals surface area (Å²) in [4.78, 5) is 6.48. The Hall–Kier alpha value is -3.48. The van der Waals surface area contributed by atoms with Gasteiger partial charge in [0.15, 0.2) is 5.82 Å². The largest absolute Gasteiger partial charge is 0.408 e. The number of aromatic amines is 1. The lowest BCUT2D eigenvalue weighted by molar-refractivity contribution is -0.141. The zero-order valence-electron chi connectivity index (χ0n) is 18.4. The number of aliphatic hydroxyl groups is 1. The summed E-state index contributed by atoms with van der Waals surface area (Å²) in [6.07, 6.45) is -1.62. The fraction of sp³-hybridized carbons (Fsp3) is 0.429. The second-order valence-electron chi connectivity index (χ2n) is 8.50. The van der Waals surface area contributed by atoms with Crippen molar-refractivity contribution in [2.24, 2.45) is 7.05 Å². The molecule has 9 nitrogen and oxygen atoms in total. The highest BCUT2D eigenvalue weighted by molar-refractivity contribution is 5.99. The first-order chi connectivity index (χ1) is 16.1. The van der Waals surface area contributed by atoms with Crippen molar-refractivity contribution in [3.8, 4) is 22.8 Å². The van der Waals surface area contributed by atoms with Crippen molar-refractivity contribution in [3.05, 3.63) is 30.3 Å². The normalized spacial score (nSPS) is 19.3. The second kappa shape index (κ2) is 8.08. The van der Waals surface area contributed by atoms with Crippen LogP contribution in [0.15, 0.2) is 24.5 Å². The average Bonchev–Trinajstić information content (AvgIpc) is 3.46. The SMILES string of the molecule is C[C@@H]1C[C@@H](O)CCN1c1cc(-c2c(F)cnn2C)nc2c(-c3ccn[nH]3)nn(CC(F)(F)F)c12. The minimum Gasteiger partial charge on any atom is -0.393 e. The van der Waals surface area contributed by atoms with Crippen LogP contribution < -0.4 is 4.90 Å². The van der Waals surface area contributed by atoms with E-state index in [-0.39, 0.29) is 34.2 Å². The van der Waals surface area contributed by atoms with Gasteiger partial charge < -0.3 is 10.0 Å². The van der Waals surface area contributed by atoms with E-state index in [1.54, 1.807) is 19.2 Å². The molecule has 1 aliphatic heterocycles. The van der Waals surface area contributed by atoms with Gasteiger partial charge in [0.25, 0.3) is 0 Å². The molecule has 0 aromatic carbocycles. The second-order valence-corrected chi connectivity index (χ2v) is 8.50. The maximum absolute atomic E-state index is 14.6. The molecule has 5 rings (SSSR count). The lowest BCUT2D eigenvalue weighted by Crippen LogP contribution is -2.43. The van der Waals surface area contributed by atoms with Crippen LogP contribution in [0.25, 0.3) is 33.8 Å². The molecule has 34 heavy (non-hydrogen) atoms. The third kappa shape index (κ3) is 3.89. The van der Waals surface area contributed by atoms with Crippen LogP contribution in [0.4, 0.5) is 23.2 Å². The molecule has 2 N–H and O–H groups in total. The van der Waals surface area contributed by atoms with E-state index in [0.717, 1.165) is 10.9 Å². The summed E-state index contributed by atoms with van der Waals surface area (Å²) < 4.78 is 57.4. The van der Waals surface area contributed by atoms with E-state index < -0.39 is 24.6 Å². The van der Waals surface area contributed by atoms with Crippen molar-refractivity contribution in [1.29, 1.82) is 0 Å². The summed E-state index contributed by atoms with van der Waals surface area (Å²) in [6.45, 7) is 0.973. The first kappa shape index (κ1) is 22.3. The van der Waals surface area contributed by atoms with Gasteiger partial charge in [0.05, 0.1) is 29.4 Å². The molecule has 1 saturated heterocycles. The Labute approximate surface area is 191 Å². The Morgan fingerprint density at radius 2 is 2.09 bits per heavy atom. The van der Waals surface area contributed by atoms with Gasteiger partial charge in [-0.15, -0.1) is 0 Å². The number of nitrogens with zero attached hydrogens (tertiary/aromatic N) is 7. The third-order valence-corrected chi connectivity index (χ3v) is 6.06. The molecule has 4 aromatic rings. The molecule has 0 spiro atoms. The number of pyridine rings is 1. The topological polar surface area (TPSA) is 101 Å². The molecule has 1 fully saturated rings. The maximum Gasteiger partial charge on any atom is 0.408 e. The van der Waals surface area contributed by atoms with Gasteiger partial charge in [0, 0.05) is 25.8 Å². The number of aryl methyl sites for hydroxylation is 1. The van der Waals surface area contributed by atoms with Gasteiger partial charge in [0.1, 0.15) is 29.0 Å². The van der Waals surface area contributed by atoms with Crippen LogP contribution >= 0.6 is 0 Å². The van der Waals surface area contributed by atoms with Crippen LogP contribution in [-0.2, 0) is 13.6 Å². The predicted molar refractivity (Wildman–Crippen MR) is 115 cm³/mol. The minimum absolute atomic E-state index is 0.104. The fourth-order valence-corrected chi connectivity index (χ4v) is 4.56. The molecular formula is C21H22F4N8O. The number of anilines is 1. The van der Waals surface area contributed by atoms with E-state index in [9.17, 15) is 22.7 Å². The van der Waals surface area contributed by atoms with Gasteiger partial charge in [-0.3, -0.25) is 14.5 Å². The molecule has 2 atom stereocenters. The van der Waals surface area contributed by atoms with Crippen LogP contribution in [0, 0.1) is 5.82 Å². The van der Waals surface area contributed by atoms with Gasteiger partial charge in [-0.25, -0.2) is 9.37 Å². The molecule has 0 unspecified atom stereocenters. The van der Waals surface area contributed by atoms with Crippen molar-refractivity contribution in [3.63, 3.8) is 0 Å². The average molecular weight is 478 g/mol. The molecule has 0 bridgehead atoms. The molecule has 5 heterocycles. The molecule has 4 aromatic heterocycles. The number of hydrogen-bond donors (Lipinski definition) is 2. The Bertz CT molecular complexity index is 1310. The number of H-pyrrole nitrogens is 1. The van der Waals surface area contributed by atoms with Crippen molar-refractivity contribution < 1.29 is 22.7 Å². The standard InChI is InChI=1S/C21H22F4N8O/c1-11-7-12(34)4-6-32(11)16-8-15(19-13(22)9-27-31(19)2)28-18-17(14-3-5-26-29-14)30-33(20(16)18)10-21(23,24)25/h3,5,8-9,11-12,34H,4,6-7,10H2,1-2H3,(H,26,29)/t11-,12+/m1/s1. The molecule has 0 radical (unpaired) electrons. The number of piperidine rings is 1. The van der Waals surface area contributed by atoms with E-state index in [0.29, 0.717) is 30.8 Å². The number of halogens is 4. The highest BCUT2D eigenvalue weighted by Crippen LogP contribution is 2.39. The number of fused-ring (bicyclic) bond motifs is 1. The van der Waals surface area contributed by atoms with E-state index in [4.69, 9.17) is 0 Å². The predicted octanol–water partition coefficient (Wildman–Crippen LogP) is 3.27. The summed E-state index contributed by atoms with van der Waals surface area (Å²) in [5, 5.41) is 24.9. The Balaban J connectivity index is 1.83. The minimum atomic E-state index is -4.53. The molecular weight excluding hydrogens is 456 g/mol. The Kier molecular flexibility index (Phi) is 5.30. The van der Waals surface area contributed by atoms with Crippen molar-refractivity contribution in [2.45, 2.75) is 44.6 Å². The zero-order chi connectivity index (χ0) is 24.2. The van der Waals surface area contributed by atoms with Crippen molar-refractivity contribution >= 4 is 16.7 Å². The van der Waals surface area contributed by atoms with Crippen LogP contribution in [0.3, 0.4) is 0 Å². The number of aromatic nitrogens is 7. The van der Waals surface area contributed by atoms with Crippen LogP contribution in [-0.4, -0.2) is 64.7 Å². The number of nitrogens with one attached hydrogen (secondary N) is 1. The Morgan fingerprint density at radius 1 is 1.29 bits per heavy atom. The number of aliphatic hydroxyl groups excluding tert-OH is 1. The summed E-state index contributed by atoms with van der Waals surface area (Å²) >= 11 is 0. The quantitative estimate of drug-likeness (QED) is 0.437. The molecule has 0 amide bonds. The number of rotatable bonds is 4. The van der Waals surface area contributed by atoms with E-state index >= 15 is 0 Å². The van der Waals surface area contributed by atoms with Gasteiger partial charge in [-0.05, 0) is 31.9 Å². The first-order valence-corrected chi connectivity index (χ1v) is 10.7. The summed E-state index contributed by atoms with van der Waals surface area (Å²) in [5.74, 6) is -0.604. The maximum atomic E-state index is 14.6. The zero-order valence-corrected chi connectivity index (χ0v) is 18.4. The molecule has 0 saturated carbocycles. The summed E-state index contributed by atoms with van der Waals surface area (Å²) in [7, 11) is 1.56. The molecule has 180 valence electrons. The first-order valence-electron chi connectivity index (χ1n) is 10.7. The van der Waals surface area contributed by atoms with E-state index in [2.05, 4.69) is 25.4 Å². The van der Waals surface area contributed by atoms with Gasteiger partial charge in [0.2, 0.25) is 0 Å². The highest BCUT2D eigenvalue weighted by atomic mass is 19.4. The van der Waals surface area contributed by atoms with Gasteiger partial charge in [-0.2, -0.15) is 28.5 Å². The monoisotopic (exact) mass is 478 g/mol. The highest BCUT2D eigenvalue weighted by Gasteiger charge is 2.34. The van der Waals surface area contributed by atoms with Crippen molar-refractivity contribution in [1.82, 2.24) is 34.7 Å². The number of hydrogen-bond acceptors (Lipinski definition) is 6. The lowest BCUT2D eigenvalue weighted by atomic mass is 9.99. The molecule has 1 aliphatic rings. The molecule has 13 heteroatoms. The number of alkyl halides is 3. The fourth-order valence-electron chi connectivity index (χ4n) is 4.56. The van der Waals surface area contributed by atoms with Crippen molar-refractivity contribution in [2.75, 3.05) is 11.4 Å². The summed E-state index contributed by atoms with van der Waals surface area (Å²) in [5.41, 5.74) is 1.66. The van der Waals surface area contributed by atoms with Crippen LogP contribution in [0.1, 0.15) is 19.8 Å². The Morgan fingerprint density at radius 3 is 2.71 bits per heavy atom. The lowest BCUT2D eigenvalue weighted by Gasteiger charge is -2.38. The van der Waals surface area contributed by atoms with E-state index in [1.807, 2.05) is 11.8 Å². The van der Waals surface area contributed by atoms with Crippen LogP contribution in [0.5, 0.6) is 0 Å². The smallest absolute Gasteiger partial charge is 0.393 e. The van der Waals surface area contributed by atoms with Crippen LogP contribution in [0.2, 0.25) is 0 Å². The third-order valence-electron chi connectivity index (χ3n) is 6.06. The molecule has 0 aliphatic carbocycles. The summed E-state index contributed by atoms with van der Waals surface area (Å²) in [6, 6.07) is 2.98. The van der Waals surface area contributed by atoms with E-state index in [1.165, 1.54) is 10.9 Å². The van der Waals surface area contributed by atoms with Gasteiger partial charge in [-0.1, -0.05) is 0 Å².